The summed E-state index contributed by atoms with van der Waals surface area (Å²) < 4.78 is 183. The zero-order valence-corrected chi connectivity index (χ0v) is 18.8. The molecule has 22 nitrogen and oxygen atoms in total. The summed E-state index contributed by atoms with van der Waals surface area (Å²) in [5, 5.41) is 0. The summed E-state index contributed by atoms with van der Waals surface area (Å²) in [5.74, 6) is -2.19. The smallest absolute Gasteiger partial charge is 0.367 e. The lowest BCUT2D eigenvalue weighted by Gasteiger charge is -2.32. The van der Waals surface area contributed by atoms with Gasteiger partial charge in [-0.15, -0.1) is 0 Å². The van der Waals surface area contributed by atoms with Gasteiger partial charge in [0.25, 0.3) is 5.91 Å². The number of rotatable bonds is 20. The highest BCUT2D eigenvalue weighted by Gasteiger charge is 2.48. The van der Waals surface area contributed by atoms with Crippen molar-refractivity contribution < 1.29 is 90.6 Å². The highest BCUT2D eigenvalue weighted by molar-refractivity contribution is 7.82. The molecule has 0 radical (unpaired) electrons. The van der Waals surface area contributed by atoms with Gasteiger partial charge in [-0.2, -0.15) is 42.1 Å². The molecule has 33 heavy (non-hydrogen) atoms. The normalized spacial score (nSPS) is 19.7. The first-order valence-electron chi connectivity index (χ1n) is 8.80. The molecule has 0 saturated heterocycles. The standard InChI is InChI=1S/C6H13NO21S5/c7-6(8)5(28-33(21,22)23)4(27-32(18,19)20)3(26-31(15,16)17)2(25-30(12,13)14)1-24-29(9,10)11/h2-5H,1H2,(H2,7,8)(H,9,10,11)(H,12,13,14)(H,15,16,17)(H,18,19,20)(H,21,22,23)/t2-,3-,4+,5-/m1/s1/i/hD5. The Hall–Kier alpha value is -1.18. The van der Waals surface area contributed by atoms with Gasteiger partial charge in [-0.25, -0.2) is 20.9 Å². The van der Waals surface area contributed by atoms with Crippen molar-refractivity contribution in [2.24, 2.45) is 5.73 Å². The van der Waals surface area contributed by atoms with E-state index in [0.717, 1.165) is 0 Å². The van der Waals surface area contributed by atoms with E-state index >= 15 is 0 Å². The Kier molecular flexibility index (Phi) is 7.88. The van der Waals surface area contributed by atoms with Crippen molar-refractivity contribution in [3.63, 3.8) is 0 Å². The van der Waals surface area contributed by atoms with Crippen LogP contribution in [-0.4, -0.2) is 102 Å². The van der Waals surface area contributed by atoms with E-state index in [1.807, 2.05) is 0 Å². The summed E-state index contributed by atoms with van der Waals surface area (Å²) in [6.07, 6.45) is -13.2. The number of amides is 1. The molecule has 4 atom stereocenters. The number of hydrogen-bond acceptors (Lipinski definition) is 21. The van der Waals surface area contributed by atoms with E-state index in [1.165, 1.54) is 0 Å². The molecule has 0 aromatic heterocycles. The zero-order chi connectivity index (χ0) is 30.2. The fourth-order valence-electron chi connectivity index (χ4n) is 1.75. The van der Waals surface area contributed by atoms with Gasteiger partial charge in [0.1, 0.15) is 18.3 Å². The molecule has 0 rings (SSSR count). The average Bonchev–Trinajstić information content (AvgIpc) is 2.82. The van der Waals surface area contributed by atoms with E-state index in [9.17, 15) is 46.9 Å². The van der Waals surface area contributed by atoms with Crippen molar-refractivity contribution >= 4 is 57.9 Å². The largest absolute Gasteiger partial charge is 0.398 e. The van der Waals surface area contributed by atoms with Crippen molar-refractivity contribution in [2.45, 2.75) is 24.4 Å². The van der Waals surface area contributed by atoms with Crippen LogP contribution in [0.4, 0.5) is 0 Å². The molecular formula is C6H13NO21S5. The minimum Gasteiger partial charge on any atom is -0.367 e. The van der Waals surface area contributed by atoms with E-state index in [4.69, 9.17) is 12.9 Å². The van der Waals surface area contributed by atoms with Gasteiger partial charge in [0.05, 0.1) is 6.61 Å². The van der Waals surface area contributed by atoms with Crippen LogP contribution >= 0.6 is 0 Å². The lowest BCUT2D eigenvalue weighted by molar-refractivity contribution is -0.136. The summed E-state index contributed by atoms with van der Waals surface area (Å²) in [6, 6.07) is 0. The van der Waals surface area contributed by atoms with Gasteiger partial charge in [-0.3, -0.25) is 27.6 Å². The maximum atomic E-state index is 11.9. The summed E-state index contributed by atoms with van der Waals surface area (Å²) in [4.78, 5) is 11.9. The van der Waals surface area contributed by atoms with Crippen LogP contribution in [0.2, 0.25) is 0 Å². The molecule has 0 unspecified atom stereocenters. The van der Waals surface area contributed by atoms with Gasteiger partial charge >= 0.3 is 52.0 Å². The molecule has 0 saturated carbocycles. The molecule has 0 heterocycles. The van der Waals surface area contributed by atoms with Gasteiger partial charge in [0.15, 0.2) is 6.10 Å². The number of carbonyl (C=O) groups is 1. The molecule has 0 aliphatic carbocycles. The Bertz CT molecular complexity index is 1330. The van der Waals surface area contributed by atoms with E-state index in [0.29, 0.717) is 0 Å². The Labute approximate surface area is 192 Å². The Morgan fingerprint density at radius 1 is 0.667 bits per heavy atom. The second kappa shape index (κ2) is 11.0. The van der Waals surface area contributed by atoms with Crippen LogP contribution in [0.1, 0.15) is 0 Å². The average molecular weight is 601 g/mol. The summed E-state index contributed by atoms with van der Waals surface area (Å²) in [6.45, 7) is -1.99. The van der Waals surface area contributed by atoms with Crippen LogP contribution < -0.4 is 5.73 Å². The van der Waals surface area contributed by atoms with Gasteiger partial charge < -0.3 is 5.73 Å². The van der Waals surface area contributed by atoms with Crippen molar-refractivity contribution in [1.82, 2.24) is 0 Å². The number of hydrogen-bond donors (Lipinski definition) is 6. The van der Waals surface area contributed by atoms with Crippen molar-refractivity contribution in [2.75, 3.05) is 6.61 Å². The highest BCUT2D eigenvalue weighted by atomic mass is 32.3. The first-order valence-corrected chi connectivity index (χ1v) is 13.4. The maximum Gasteiger partial charge on any atom is 0.398 e. The van der Waals surface area contributed by atoms with Crippen LogP contribution in [0, 0.1) is 0 Å². The van der Waals surface area contributed by atoms with Gasteiger partial charge in [-0.1, -0.05) is 0 Å². The zero-order valence-electron chi connectivity index (χ0n) is 19.7. The van der Waals surface area contributed by atoms with E-state index in [1.54, 1.807) is 0 Å². The lowest BCUT2D eigenvalue weighted by Crippen LogP contribution is -2.56. The van der Waals surface area contributed by atoms with E-state index in [2.05, 4.69) is 43.7 Å². The van der Waals surface area contributed by atoms with Crippen molar-refractivity contribution in [3.05, 3.63) is 0 Å². The molecule has 198 valence electrons. The molecule has 0 aromatic rings. The topological polar surface area (TPSA) is 361 Å². The Morgan fingerprint density at radius 3 is 1.48 bits per heavy atom. The fraction of sp³-hybridized carbons (Fsp3) is 0.833. The summed E-state index contributed by atoms with van der Waals surface area (Å²) >= 11 is 0. The minimum absolute atomic E-state index is 1.99. The lowest BCUT2D eigenvalue weighted by atomic mass is 10.0. The molecule has 0 aromatic carbocycles. The van der Waals surface area contributed by atoms with Crippen molar-refractivity contribution in [1.29, 1.82) is 7.16 Å². The summed E-state index contributed by atoms with van der Waals surface area (Å²) in [5.41, 5.74) is 4.85. The predicted molar refractivity (Wildman–Crippen MR) is 92.4 cm³/mol. The molecule has 0 spiro atoms. The quantitative estimate of drug-likeness (QED) is 0.0712. The van der Waals surface area contributed by atoms with Crippen molar-refractivity contribution in [3.8, 4) is 0 Å². The molecule has 7 N–H and O–H groups in total. The number of nitrogens with two attached hydrogens (primary N) is 1. The third-order valence-electron chi connectivity index (χ3n) is 2.57. The first-order chi connectivity index (χ1) is 17.1. The maximum absolute atomic E-state index is 11.9. The molecule has 0 fully saturated rings. The monoisotopic (exact) mass is 600 g/mol. The van der Waals surface area contributed by atoms with Crippen LogP contribution in [0.5, 0.6) is 0 Å². The third-order valence-corrected chi connectivity index (χ3v) is 4.83. The first kappa shape index (κ1) is 23.6. The second-order valence-electron chi connectivity index (χ2n) is 5.00. The second-order valence-corrected chi connectivity index (χ2v) is 10.1. The van der Waals surface area contributed by atoms with E-state index < -0.39 is 88.9 Å². The predicted octanol–water partition coefficient (Wildman–Crippen LogP) is -4.96. The number of carbonyl (C=O) groups excluding carboxylic acids is 1. The Morgan fingerprint density at radius 2 is 1.06 bits per heavy atom. The third kappa shape index (κ3) is 15.4. The van der Waals surface area contributed by atoms with Crippen LogP contribution in [-0.2, 0) is 77.7 Å². The van der Waals surface area contributed by atoms with Crippen LogP contribution in [0.25, 0.3) is 7.16 Å². The SMILES string of the molecule is [2H]OS(=O)(=O)OC[C@@H](OS(=O)(=O)O[2H])[C@@H](OS(=O)(=O)O[2H])[C@H](OS(=O)(=O)O[2H])[C@@H](OS(=O)(=O)O[2H])C(N)=O. The molecule has 1 amide bonds. The van der Waals surface area contributed by atoms with Crippen LogP contribution in [0.3, 0.4) is 0 Å². The fourth-order valence-corrected chi connectivity index (χ4v) is 3.96. The van der Waals surface area contributed by atoms with E-state index in [-0.39, 0.29) is 0 Å². The van der Waals surface area contributed by atoms with Gasteiger partial charge in [-0.05, 0) is 0 Å². The molecule has 0 aliphatic rings. The molecule has 0 bridgehead atoms. The molecule has 27 heteroatoms. The Balaban J connectivity index is 7.36. The van der Waals surface area contributed by atoms with Gasteiger partial charge in [0, 0.05) is 0 Å². The molecule has 0 aliphatic heterocycles. The summed E-state index contributed by atoms with van der Waals surface area (Å²) in [7, 11) is -28.6. The highest BCUT2D eigenvalue weighted by Crippen LogP contribution is 2.23. The van der Waals surface area contributed by atoms with Gasteiger partial charge in [0.2, 0.25) is 7.16 Å². The minimum atomic E-state index is -5.86. The number of primary amides is 1. The molecular weight excluding hydrogens is 582 g/mol. The van der Waals surface area contributed by atoms with Crippen LogP contribution in [0.15, 0.2) is 0 Å².